The highest BCUT2D eigenvalue weighted by Crippen LogP contribution is 2.11. The number of nitrogens with zero attached hydrogens (tertiary/aromatic N) is 3. The predicted molar refractivity (Wildman–Crippen MR) is 44.6 cm³/mol. The molecule has 58 valence electrons. The van der Waals surface area contributed by atoms with Crippen molar-refractivity contribution in [3.05, 3.63) is 35.8 Å². The Balaban J connectivity index is 2.94. The zero-order chi connectivity index (χ0) is 8.55. The van der Waals surface area contributed by atoms with Crippen molar-refractivity contribution in [1.82, 2.24) is 9.38 Å². The van der Waals surface area contributed by atoms with Gasteiger partial charge in [-0.15, -0.1) is 0 Å². The molecule has 2 aromatic rings. The van der Waals surface area contributed by atoms with Crippen molar-refractivity contribution < 1.29 is 0 Å². The summed E-state index contributed by atoms with van der Waals surface area (Å²) in [7, 11) is 0. The van der Waals surface area contributed by atoms with E-state index in [0.717, 1.165) is 11.2 Å². The molecular weight excluding hydrogens is 150 g/mol. The number of aromatic nitrogens is 2. The van der Waals surface area contributed by atoms with Gasteiger partial charge in [0.05, 0.1) is 5.56 Å². The number of hydrogen-bond acceptors (Lipinski definition) is 2. The van der Waals surface area contributed by atoms with Crippen LogP contribution in [0.25, 0.3) is 5.65 Å². The average molecular weight is 157 g/mol. The third-order valence-electron chi connectivity index (χ3n) is 1.88. The van der Waals surface area contributed by atoms with Crippen LogP contribution in [0.3, 0.4) is 0 Å². The Labute approximate surface area is 69.9 Å². The van der Waals surface area contributed by atoms with Crippen molar-refractivity contribution in [2.24, 2.45) is 0 Å². The minimum absolute atomic E-state index is 0.655. The van der Waals surface area contributed by atoms with Gasteiger partial charge in [-0.25, -0.2) is 4.98 Å². The van der Waals surface area contributed by atoms with Gasteiger partial charge in [0.15, 0.2) is 5.65 Å². The molecule has 0 radical (unpaired) electrons. The highest BCUT2D eigenvalue weighted by Gasteiger charge is 2.03. The van der Waals surface area contributed by atoms with Crippen LogP contribution in [0.15, 0.2) is 24.7 Å². The Morgan fingerprint density at radius 3 is 3.08 bits per heavy atom. The molecule has 0 fully saturated rings. The van der Waals surface area contributed by atoms with E-state index in [2.05, 4.69) is 11.1 Å². The standard InChI is InChI=1S/C9H7N3/c1-7-2-4-12-5-3-11-9(12)8(7)6-10/h2-5H,1H3. The number of fused-ring (bicyclic) bond motifs is 1. The highest BCUT2D eigenvalue weighted by atomic mass is 15.0. The van der Waals surface area contributed by atoms with Crippen molar-refractivity contribution in [2.45, 2.75) is 6.92 Å². The summed E-state index contributed by atoms with van der Waals surface area (Å²) in [5, 5.41) is 8.83. The molecule has 12 heavy (non-hydrogen) atoms. The first-order chi connectivity index (χ1) is 5.83. The van der Waals surface area contributed by atoms with Crippen LogP contribution in [0.5, 0.6) is 0 Å². The molecule has 0 amide bonds. The lowest BCUT2D eigenvalue weighted by Crippen LogP contribution is -1.90. The lowest BCUT2D eigenvalue weighted by Gasteiger charge is -1.98. The van der Waals surface area contributed by atoms with Crippen LogP contribution in [0.1, 0.15) is 11.1 Å². The average Bonchev–Trinajstić information content (AvgIpc) is 2.52. The number of imidazole rings is 1. The van der Waals surface area contributed by atoms with Crippen molar-refractivity contribution in [3.63, 3.8) is 0 Å². The van der Waals surface area contributed by atoms with E-state index in [1.807, 2.05) is 29.8 Å². The molecule has 0 aliphatic heterocycles. The minimum Gasteiger partial charge on any atom is -0.306 e. The third kappa shape index (κ3) is 0.785. The van der Waals surface area contributed by atoms with E-state index >= 15 is 0 Å². The second-order valence-corrected chi connectivity index (χ2v) is 2.64. The maximum atomic E-state index is 8.83. The molecule has 0 saturated heterocycles. The van der Waals surface area contributed by atoms with E-state index in [1.54, 1.807) is 6.20 Å². The van der Waals surface area contributed by atoms with Crippen LogP contribution < -0.4 is 0 Å². The number of rotatable bonds is 0. The lowest BCUT2D eigenvalue weighted by molar-refractivity contribution is 1.16. The zero-order valence-electron chi connectivity index (χ0n) is 6.65. The van der Waals surface area contributed by atoms with Gasteiger partial charge in [0.2, 0.25) is 0 Å². The lowest BCUT2D eigenvalue weighted by atomic mass is 10.2. The summed E-state index contributed by atoms with van der Waals surface area (Å²) in [6.45, 7) is 1.91. The molecule has 2 rings (SSSR count). The first kappa shape index (κ1) is 6.86. The maximum Gasteiger partial charge on any atom is 0.154 e. The molecule has 0 bridgehead atoms. The quantitative estimate of drug-likeness (QED) is 0.581. The predicted octanol–water partition coefficient (Wildman–Crippen LogP) is 1.51. The third-order valence-corrected chi connectivity index (χ3v) is 1.88. The SMILES string of the molecule is Cc1ccn2ccnc2c1C#N. The van der Waals surface area contributed by atoms with Crippen molar-refractivity contribution >= 4 is 5.65 Å². The largest absolute Gasteiger partial charge is 0.306 e. The van der Waals surface area contributed by atoms with Crippen LogP contribution >= 0.6 is 0 Å². The molecule has 0 atom stereocenters. The summed E-state index contributed by atoms with van der Waals surface area (Å²) >= 11 is 0. The second kappa shape index (κ2) is 2.35. The van der Waals surface area contributed by atoms with Crippen molar-refractivity contribution in [1.29, 1.82) is 5.26 Å². The fraction of sp³-hybridized carbons (Fsp3) is 0.111. The first-order valence-electron chi connectivity index (χ1n) is 3.65. The fourth-order valence-corrected chi connectivity index (χ4v) is 1.22. The summed E-state index contributed by atoms with van der Waals surface area (Å²) in [6.07, 6.45) is 5.42. The number of pyridine rings is 1. The summed E-state index contributed by atoms with van der Waals surface area (Å²) in [6, 6.07) is 4.05. The van der Waals surface area contributed by atoms with E-state index in [1.165, 1.54) is 0 Å². The van der Waals surface area contributed by atoms with Gasteiger partial charge in [-0.3, -0.25) is 0 Å². The van der Waals surface area contributed by atoms with E-state index < -0.39 is 0 Å². The molecular formula is C9H7N3. The van der Waals surface area contributed by atoms with E-state index in [-0.39, 0.29) is 0 Å². The first-order valence-corrected chi connectivity index (χ1v) is 3.65. The molecule has 0 aromatic carbocycles. The van der Waals surface area contributed by atoms with Crippen LogP contribution in [0.2, 0.25) is 0 Å². The molecule has 2 aromatic heterocycles. The van der Waals surface area contributed by atoms with Crippen molar-refractivity contribution in [3.8, 4) is 6.07 Å². The number of nitriles is 1. The van der Waals surface area contributed by atoms with E-state index in [0.29, 0.717) is 5.56 Å². The van der Waals surface area contributed by atoms with E-state index in [9.17, 15) is 0 Å². The van der Waals surface area contributed by atoms with Gasteiger partial charge >= 0.3 is 0 Å². The van der Waals surface area contributed by atoms with Gasteiger partial charge in [-0.05, 0) is 18.6 Å². The number of hydrogen-bond donors (Lipinski definition) is 0. The minimum atomic E-state index is 0.655. The van der Waals surface area contributed by atoms with Crippen LogP contribution in [0.4, 0.5) is 0 Å². The highest BCUT2D eigenvalue weighted by molar-refractivity contribution is 5.58. The summed E-state index contributed by atoms with van der Waals surface area (Å²) in [5.41, 5.74) is 2.36. The molecule has 3 heteroatoms. The smallest absolute Gasteiger partial charge is 0.154 e. The van der Waals surface area contributed by atoms with Gasteiger partial charge in [0.25, 0.3) is 0 Å². The zero-order valence-corrected chi connectivity index (χ0v) is 6.65. The molecule has 0 saturated carbocycles. The van der Waals surface area contributed by atoms with Crippen LogP contribution in [0, 0.1) is 18.3 Å². The maximum absolute atomic E-state index is 8.83. The normalized spacial score (nSPS) is 10.0. The Morgan fingerprint density at radius 1 is 1.50 bits per heavy atom. The Bertz CT molecular complexity index is 462. The van der Waals surface area contributed by atoms with Crippen LogP contribution in [-0.4, -0.2) is 9.38 Å². The molecule has 0 spiro atoms. The van der Waals surface area contributed by atoms with Gasteiger partial charge in [0.1, 0.15) is 6.07 Å². The molecule has 0 unspecified atom stereocenters. The van der Waals surface area contributed by atoms with Crippen LogP contribution in [-0.2, 0) is 0 Å². The molecule has 3 nitrogen and oxygen atoms in total. The van der Waals surface area contributed by atoms with Gasteiger partial charge in [-0.1, -0.05) is 0 Å². The fourth-order valence-electron chi connectivity index (χ4n) is 1.22. The molecule has 0 aliphatic rings. The van der Waals surface area contributed by atoms with Gasteiger partial charge in [0, 0.05) is 18.6 Å². The van der Waals surface area contributed by atoms with E-state index in [4.69, 9.17) is 5.26 Å². The van der Waals surface area contributed by atoms with Gasteiger partial charge < -0.3 is 4.40 Å². The topological polar surface area (TPSA) is 41.1 Å². The Kier molecular flexibility index (Phi) is 1.34. The summed E-state index contributed by atoms with van der Waals surface area (Å²) in [5.74, 6) is 0. The van der Waals surface area contributed by atoms with Gasteiger partial charge in [-0.2, -0.15) is 5.26 Å². The second-order valence-electron chi connectivity index (χ2n) is 2.64. The summed E-state index contributed by atoms with van der Waals surface area (Å²) < 4.78 is 1.84. The molecule has 0 N–H and O–H groups in total. The molecule has 2 heterocycles. The Morgan fingerprint density at radius 2 is 2.33 bits per heavy atom. The summed E-state index contributed by atoms with van der Waals surface area (Å²) in [4.78, 5) is 4.09. The number of aryl methyl sites for hydroxylation is 1. The van der Waals surface area contributed by atoms with Crippen molar-refractivity contribution in [2.75, 3.05) is 0 Å². The monoisotopic (exact) mass is 157 g/mol. The molecule has 0 aliphatic carbocycles. The Hall–Kier alpha value is -1.82.